The van der Waals surface area contributed by atoms with E-state index in [2.05, 4.69) is 16.7 Å². The predicted octanol–water partition coefficient (Wildman–Crippen LogP) is 1.82. The Morgan fingerprint density at radius 2 is 2.28 bits per heavy atom. The Morgan fingerprint density at radius 1 is 1.50 bits per heavy atom. The summed E-state index contributed by atoms with van der Waals surface area (Å²) in [5.74, 6) is 0.568. The summed E-state index contributed by atoms with van der Waals surface area (Å²) < 4.78 is 0. The number of rotatable bonds is 6. The lowest BCUT2D eigenvalue weighted by atomic mass is 9.74. The van der Waals surface area contributed by atoms with Gasteiger partial charge in [-0.25, -0.2) is 0 Å². The molecule has 0 spiro atoms. The van der Waals surface area contributed by atoms with E-state index in [1.807, 2.05) is 13.8 Å². The highest BCUT2D eigenvalue weighted by Gasteiger charge is 2.36. The molecule has 0 radical (unpaired) electrons. The molecular weight excluding hydrogens is 226 g/mol. The van der Waals surface area contributed by atoms with Gasteiger partial charge >= 0.3 is 0 Å². The zero-order valence-corrected chi connectivity index (χ0v) is 11.6. The number of nitrogens with one attached hydrogen (secondary N) is 2. The Kier molecular flexibility index (Phi) is 6.14. The van der Waals surface area contributed by atoms with Crippen molar-refractivity contribution in [3.8, 4) is 6.07 Å². The van der Waals surface area contributed by atoms with Crippen molar-refractivity contribution in [2.75, 3.05) is 19.6 Å². The van der Waals surface area contributed by atoms with Gasteiger partial charge in [0.2, 0.25) is 5.91 Å². The van der Waals surface area contributed by atoms with Gasteiger partial charge in [-0.05, 0) is 44.7 Å². The van der Waals surface area contributed by atoms with Crippen LogP contribution in [0.5, 0.6) is 0 Å². The van der Waals surface area contributed by atoms with Crippen LogP contribution in [0.2, 0.25) is 0 Å². The van der Waals surface area contributed by atoms with Crippen LogP contribution in [0.4, 0.5) is 0 Å². The van der Waals surface area contributed by atoms with Crippen molar-refractivity contribution >= 4 is 5.91 Å². The van der Waals surface area contributed by atoms with E-state index >= 15 is 0 Å². The molecule has 1 aliphatic heterocycles. The van der Waals surface area contributed by atoms with Crippen molar-refractivity contribution < 1.29 is 4.79 Å². The van der Waals surface area contributed by atoms with Gasteiger partial charge in [-0.15, -0.1) is 0 Å². The van der Waals surface area contributed by atoms with E-state index in [1.165, 1.54) is 0 Å². The second kappa shape index (κ2) is 7.38. The summed E-state index contributed by atoms with van der Waals surface area (Å²) in [5, 5.41) is 14.8. The number of hydrogen-bond donors (Lipinski definition) is 2. The molecule has 4 nitrogen and oxygen atoms in total. The first-order valence-electron chi connectivity index (χ1n) is 6.95. The highest BCUT2D eigenvalue weighted by Crippen LogP contribution is 2.31. The predicted molar refractivity (Wildman–Crippen MR) is 71.8 cm³/mol. The zero-order valence-electron chi connectivity index (χ0n) is 11.6. The zero-order chi connectivity index (χ0) is 13.4. The molecule has 1 heterocycles. The third kappa shape index (κ3) is 4.30. The largest absolute Gasteiger partial charge is 0.356 e. The first kappa shape index (κ1) is 15.0. The molecule has 1 fully saturated rings. The lowest BCUT2D eigenvalue weighted by Gasteiger charge is -2.36. The number of unbranched alkanes of at least 4 members (excludes halogenated alkanes) is 2. The Morgan fingerprint density at radius 3 is 2.89 bits per heavy atom. The molecule has 0 aromatic rings. The van der Waals surface area contributed by atoms with Crippen molar-refractivity contribution in [3.05, 3.63) is 0 Å². The second-order valence-corrected chi connectivity index (χ2v) is 5.64. The minimum absolute atomic E-state index is 0.146. The lowest BCUT2D eigenvalue weighted by Crippen LogP contribution is -2.47. The molecule has 0 bridgehead atoms. The van der Waals surface area contributed by atoms with Gasteiger partial charge in [0.15, 0.2) is 0 Å². The van der Waals surface area contributed by atoms with Crippen molar-refractivity contribution in [2.45, 2.75) is 46.0 Å². The maximum atomic E-state index is 12.2. The molecule has 1 unspecified atom stereocenters. The van der Waals surface area contributed by atoms with Crippen LogP contribution in [0.15, 0.2) is 0 Å². The molecule has 4 heteroatoms. The van der Waals surface area contributed by atoms with Crippen LogP contribution in [0.25, 0.3) is 0 Å². The number of nitrogens with zero attached hydrogens (tertiary/aromatic N) is 1. The van der Waals surface area contributed by atoms with Gasteiger partial charge in [-0.3, -0.25) is 4.79 Å². The monoisotopic (exact) mass is 251 g/mol. The van der Waals surface area contributed by atoms with Gasteiger partial charge in [-0.2, -0.15) is 5.26 Å². The number of nitriles is 1. The van der Waals surface area contributed by atoms with Crippen LogP contribution in [0.1, 0.15) is 46.0 Å². The Labute approximate surface area is 110 Å². The number of carbonyl (C=O) groups is 1. The van der Waals surface area contributed by atoms with E-state index in [-0.39, 0.29) is 11.3 Å². The minimum atomic E-state index is -0.303. The van der Waals surface area contributed by atoms with Gasteiger partial charge in [-0.1, -0.05) is 13.8 Å². The first-order chi connectivity index (χ1) is 8.59. The van der Waals surface area contributed by atoms with E-state index in [0.29, 0.717) is 18.9 Å². The smallest absolute Gasteiger partial charge is 0.225 e. The fraction of sp³-hybridized carbons (Fsp3) is 0.857. The third-order valence-corrected chi connectivity index (χ3v) is 3.90. The SMILES string of the molecule is CC(C)(C(=O)NCCCCC#N)C1CCCNC1. The fourth-order valence-electron chi connectivity index (χ4n) is 2.41. The van der Waals surface area contributed by atoms with Gasteiger partial charge in [0.1, 0.15) is 0 Å². The lowest BCUT2D eigenvalue weighted by molar-refractivity contribution is -0.132. The summed E-state index contributed by atoms with van der Waals surface area (Å²) in [7, 11) is 0. The van der Waals surface area contributed by atoms with Crippen molar-refractivity contribution in [3.63, 3.8) is 0 Å². The van der Waals surface area contributed by atoms with Crippen LogP contribution in [-0.2, 0) is 4.79 Å². The van der Waals surface area contributed by atoms with Crippen LogP contribution in [-0.4, -0.2) is 25.5 Å². The van der Waals surface area contributed by atoms with Crippen LogP contribution in [0.3, 0.4) is 0 Å². The summed E-state index contributed by atoms with van der Waals surface area (Å²) in [4.78, 5) is 12.2. The highest BCUT2D eigenvalue weighted by molar-refractivity contribution is 5.82. The molecule has 1 rings (SSSR count). The Hall–Kier alpha value is -1.08. The highest BCUT2D eigenvalue weighted by atomic mass is 16.2. The summed E-state index contributed by atoms with van der Waals surface area (Å²) in [6.07, 6.45) is 4.61. The molecule has 18 heavy (non-hydrogen) atoms. The molecule has 0 aromatic heterocycles. The Bertz CT molecular complexity index is 301. The molecule has 1 saturated heterocycles. The van der Waals surface area contributed by atoms with Gasteiger partial charge in [0, 0.05) is 18.4 Å². The number of hydrogen-bond acceptors (Lipinski definition) is 3. The summed E-state index contributed by atoms with van der Waals surface area (Å²) in [6.45, 7) is 6.77. The second-order valence-electron chi connectivity index (χ2n) is 5.64. The van der Waals surface area contributed by atoms with Crippen LogP contribution in [0, 0.1) is 22.7 Å². The van der Waals surface area contributed by atoms with Crippen molar-refractivity contribution in [1.82, 2.24) is 10.6 Å². The average molecular weight is 251 g/mol. The molecule has 0 aromatic carbocycles. The number of piperidine rings is 1. The maximum Gasteiger partial charge on any atom is 0.225 e. The van der Waals surface area contributed by atoms with E-state index in [9.17, 15) is 4.79 Å². The average Bonchev–Trinajstić information content (AvgIpc) is 2.39. The van der Waals surface area contributed by atoms with Crippen LogP contribution < -0.4 is 10.6 Å². The maximum absolute atomic E-state index is 12.2. The topological polar surface area (TPSA) is 64.9 Å². The molecular formula is C14H25N3O. The normalized spacial score (nSPS) is 20.2. The van der Waals surface area contributed by atoms with Gasteiger partial charge < -0.3 is 10.6 Å². The Balaban J connectivity index is 2.32. The van der Waals surface area contributed by atoms with Gasteiger partial charge in [0.25, 0.3) is 0 Å². The van der Waals surface area contributed by atoms with Crippen molar-refractivity contribution in [2.24, 2.45) is 11.3 Å². The number of amides is 1. The summed E-state index contributed by atoms with van der Waals surface area (Å²) >= 11 is 0. The van der Waals surface area contributed by atoms with E-state index in [1.54, 1.807) is 0 Å². The molecule has 1 atom stereocenters. The van der Waals surface area contributed by atoms with E-state index in [4.69, 9.17) is 5.26 Å². The van der Waals surface area contributed by atoms with Gasteiger partial charge in [0.05, 0.1) is 6.07 Å². The molecule has 2 N–H and O–H groups in total. The number of carbonyl (C=O) groups excluding carboxylic acids is 1. The minimum Gasteiger partial charge on any atom is -0.356 e. The standard InChI is InChI=1S/C14H25N3O/c1-14(2,12-7-6-9-16-11-12)13(18)17-10-5-3-4-8-15/h12,16H,3-7,9-11H2,1-2H3,(H,17,18). The summed E-state index contributed by atoms with van der Waals surface area (Å²) in [5.41, 5.74) is -0.303. The van der Waals surface area contributed by atoms with Crippen LogP contribution >= 0.6 is 0 Å². The molecule has 0 saturated carbocycles. The quantitative estimate of drug-likeness (QED) is 0.708. The molecule has 1 aliphatic rings. The first-order valence-corrected chi connectivity index (χ1v) is 6.95. The molecule has 1 amide bonds. The van der Waals surface area contributed by atoms with Crippen molar-refractivity contribution in [1.29, 1.82) is 5.26 Å². The fourth-order valence-corrected chi connectivity index (χ4v) is 2.41. The molecule has 102 valence electrons. The van der Waals surface area contributed by atoms with E-state index in [0.717, 1.165) is 38.8 Å². The third-order valence-electron chi connectivity index (χ3n) is 3.90. The summed E-state index contributed by atoms with van der Waals surface area (Å²) in [6, 6.07) is 2.12. The van der Waals surface area contributed by atoms with E-state index < -0.39 is 0 Å². The molecule has 0 aliphatic carbocycles.